The van der Waals surface area contributed by atoms with Gasteiger partial charge in [-0.05, 0) is 83.6 Å². The molecule has 0 aliphatic carbocycles. The van der Waals surface area contributed by atoms with Crippen molar-refractivity contribution in [3.05, 3.63) is 86.4 Å². The van der Waals surface area contributed by atoms with E-state index in [2.05, 4.69) is 32.6 Å². The summed E-state index contributed by atoms with van der Waals surface area (Å²) in [4.78, 5) is 12.4. The summed E-state index contributed by atoms with van der Waals surface area (Å²) in [7, 11) is -3.77. The van der Waals surface area contributed by atoms with Crippen LogP contribution in [0.5, 0.6) is 0 Å². The SMILES string of the molecule is Cc1ccc(NS(=O)(=O)c2ccc(NC(=O)c3ccccc3I)cc2)cc1Cl. The number of anilines is 2. The first kappa shape index (κ1) is 20.6. The molecule has 0 bridgehead atoms. The second kappa shape index (κ2) is 8.50. The molecule has 3 aromatic rings. The van der Waals surface area contributed by atoms with Gasteiger partial charge in [-0.25, -0.2) is 8.42 Å². The second-order valence-electron chi connectivity index (χ2n) is 6.03. The molecule has 0 aliphatic heterocycles. The lowest BCUT2D eigenvalue weighted by molar-refractivity contribution is 0.102. The van der Waals surface area contributed by atoms with Crippen LogP contribution in [0.1, 0.15) is 15.9 Å². The summed E-state index contributed by atoms with van der Waals surface area (Å²) in [5, 5.41) is 3.25. The molecule has 28 heavy (non-hydrogen) atoms. The van der Waals surface area contributed by atoms with E-state index in [4.69, 9.17) is 11.6 Å². The smallest absolute Gasteiger partial charge is 0.261 e. The third kappa shape index (κ3) is 4.84. The molecular formula is C20H16ClIN2O3S. The fourth-order valence-electron chi connectivity index (χ4n) is 2.43. The molecule has 0 saturated heterocycles. The maximum absolute atomic E-state index is 12.6. The van der Waals surface area contributed by atoms with Gasteiger partial charge in [-0.15, -0.1) is 0 Å². The Kier molecular flexibility index (Phi) is 6.26. The second-order valence-corrected chi connectivity index (χ2v) is 9.28. The number of benzene rings is 3. The summed E-state index contributed by atoms with van der Waals surface area (Å²) >= 11 is 8.13. The van der Waals surface area contributed by atoms with E-state index in [1.807, 2.05) is 19.1 Å². The number of amides is 1. The van der Waals surface area contributed by atoms with Gasteiger partial charge in [0.2, 0.25) is 0 Å². The van der Waals surface area contributed by atoms with E-state index in [1.165, 1.54) is 12.1 Å². The van der Waals surface area contributed by atoms with Gasteiger partial charge in [0.1, 0.15) is 0 Å². The van der Waals surface area contributed by atoms with Crippen LogP contribution in [0.4, 0.5) is 11.4 Å². The Morgan fingerprint density at radius 3 is 2.25 bits per heavy atom. The van der Waals surface area contributed by atoms with Gasteiger partial charge in [0.15, 0.2) is 0 Å². The number of hydrogen-bond donors (Lipinski definition) is 2. The molecule has 3 rings (SSSR count). The van der Waals surface area contributed by atoms with Crippen LogP contribution in [-0.2, 0) is 10.0 Å². The van der Waals surface area contributed by atoms with Gasteiger partial charge >= 0.3 is 0 Å². The van der Waals surface area contributed by atoms with E-state index in [0.717, 1.165) is 9.13 Å². The van der Waals surface area contributed by atoms with Crippen molar-refractivity contribution in [2.75, 3.05) is 10.0 Å². The lowest BCUT2D eigenvalue weighted by atomic mass is 10.2. The van der Waals surface area contributed by atoms with Crippen LogP contribution in [0.3, 0.4) is 0 Å². The predicted octanol–water partition coefficient (Wildman–Crippen LogP) is 5.31. The van der Waals surface area contributed by atoms with Crippen LogP contribution in [0.25, 0.3) is 0 Å². The minimum Gasteiger partial charge on any atom is -0.322 e. The average molecular weight is 527 g/mol. The third-order valence-corrected chi connectivity index (χ3v) is 6.71. The van der Waals surface area contributed by atoms with E-state index >= 15 is 0 Å². The van der Waals surface area contributed by atoms with E-state index in [9.17, 15) is 13.2 Å². The van der Waals surface area contributed by atoms with Gasteiger partial charge in [-0.2, -0.15) is 0 Å². The van der Waals surface area contributed by atoms with E-state index in [-0.39, 0.29) is 10.8 Å². The third-order valence-electron chi connectivity index (χ3n) is 3.97. The first-order chi connectivity index (χ1) is 13.3. The van der Waals surface area contributed by atoms with Gasteiger partial charge in [0.25, 0.3) is 15.9 Å². The molecule has 0 fully saturated rings. The highest BCUT2D eigenvalue weighted by atomic mass is 127. The number of aryl methyl sites for hydroxylation is 1. The summed E-state index contributed by atoms with van der Waals surface area (Å²) in [6, 6.07) is 18.1. The van der Waals surface area contributed by atoms with Crippen LogP contribution < -0.4 is 10.0 Å². The maximum atomic E-state index is 12.6. The Morgan fingerprint density at radius 2 is 1.61 bits per heavy atom. The average Bonchev–Trinajstić information content (AvgIpc) is 2.65. The molecule has 3 aromatic carbocycles. The van der Waals surface area contributed by atoms with E-state index in [0.29, 0.717) is 22.0 Å². The largest absolute Gasteiger partial charge is 0.322 e. The zero-order valence-corrected chi connectivity index (χ0v) is 18.5. The van der Waals surface area contributed by atoms with Crippen molar-refractivity contribution in [1.82, 2.24) is 0 Å². The quantitative estimate of drug-likeness (QED) is 0.443. The summed E-state index contributed by atoms with van der Waals surface area (Å²) in [6.45, 7) is 1.84. The van der Waals surface area contributed by atoms with Gasteiger partial charge in [0.05, 0.1) is 16.1 Å². The Balaban J connectivity index is 1.75. The van der Waals surface area contributed by atoms with Crippen LogP contribution in [-0.4, -0.2) is 14.3 Å². The summed E-state index contributed by atoms with van der Waals surface area (Å²) < 4.78 is 28.4. The number of carbonyl (C=O) groups excluding carboxylic acids is 1. The number of rotatable bonds is 5. The molecule has 0 heterocycles. The topological polar surface area (TPSA) is 75.3 Å². The lowest BCUT2D eigenvalue weighted by Gasteiger charge is -2.11. The number of carbonyl (C=O) groups is 1. The fourth-order valence-corrected chi connectivity index (χ4v) is 4.29. The Morgan fingerprint density at radius 1 is 0.964 bits per heavy atom. The highest BCUT2D eigenvalue weighted by Crippen LogP contribution is 2.23. The zero-order chi connectivity index (χ0) is 20.3. The van der Waals surface area contributed by atoms with Gasteiger partial charge in [0, 0.05) is 14.3 Å². The van der Waals surface area contributed by atoms with Crippen molar-refractivity contribution in [2.45, 2.75) is 11.8 Å². The number of halogens is 2. The molecule has 8 heteroatoms. The molecule has 2 N–H and O–H groups in total. The monoisotopic (exact) mass is 526 g/mol. The molecule has 0 unspecified atom stereocenters. The summed E-state index contributed by atoms with van der Waals surface area (Å²) in [6.07, 6.45) is 0. The van der Waals surface area contributed by atoms with Crippen molar-refractivity contribution in [3.63, 3.8) is 0 Å². The number of hydrogen-bond acceptors (Lipinski definition) is 3. The Hall–Kier alpha value is -2.10. The highest BCUT2D eigenvalue weighted by molar-refractivity contribution is 14.1. The molecule has 0 radical (unpaired) electrons. The molecule has 0 atom stereocenters. The van der Waals surface area contributed by atoms with Gasteiger partial charge in [-0.3, -0.25) is 9.52 Å². The molecule has 1 amide bonds. The minimum atomic E-state index is -3.77. The van der Waals surface area contributed by atoms with Crippen molar-refractivity contribution >= 4 is 61.5 Å². The van der Waals surface area contributed by atoms with Crippen LogP contribution in [0, 0.1) is 10.5 Å². The van der Waals surface area contributed by atoms with Crippen LogP contribution in [0.15, 0.2) is 71.6 Å². The Labute approximate surface area is 182 Å². The zero-order valence-electron chi connectivity index (χ0n) is 14.7. The molecular weight excluding hydrogens is 511 g/mol. The van der Waals surface area contributed by atoms with E-state index < -0.39 is 10.0 Å². The van der Waals surface area contributed by atoms with Crippen molar-refractivity contribution < 1.29 is 13.2 Å². The molecule has 0 aromatic heterocycles. The number of nitrogens with one attached hydrogen (secondary N) is 2. The molecule has 0 aliphatic rings. The molecule has 5 nitrogen and oxygen atoms in total. The van der Waals surface area contributed by atoms with Crippen molar-refractivity contribution in [3.8, 4) is 0 Å². The maximum Gasteiger partial charge on any atom is 0.261 e. The molecule has 0 spiro atoms. The number of sulfonamides is 1. The van der Waals surface area contributed by atoms with Gasteiger partial charge in [-0.1, -0.05) is 29.8 Å². The predicted molar refractivity (Wildman–Crippen MR) is 121 cm³/mol. The summed E-state index contributed by atoms with van der Waals surface area (Å²) in [5.41, 5.74) is 2.30. The van der Waals surface area contributed by atoms with Crippen molar-refractivity contribution in [2.24, 2.45) is 0 Å². The summed E-state index contributed by atoms with van der Waals surface area (Å²) in [5.74, 6) is -0.256. The van der Waals surface area contributed by atoms with Gasteiger partial charge < -0.3 is 5.32 Å². The first-order valence-electron chi connectivity index (χ1n) is 8.21. The molecule has 144 valence electrons. The lowest BCUT2D eigenvalue weighted by Crippen LogP contribution is -2.15. The molecule has 0 saturated carbocycles. The normalized spacial score (nSPS) is 11.1. The highest BCUT2D eigenvalue weighted by Gasteiger charge is 2.15. The Bertz CT molecular complexity index is 1130. The standard InChI is InChI=1S/C20H16ClIN2O3S/c1-13-6-7-15(12-18(13)21)24-28(26,27)16-10-8-14(9-11-16)23-20(25)17-4-2-3-5-19(17)22/h2-12,24H,1H3,(H,23,25). The van der Waals surface area contributed by atoms with Crippen LogP contribution >= 0.6 is 34.2 Å². The fraction of sp³-hybridized carbons (Fsp3) is 0.0500. The van der Waals surface area contributed by atoms with Crippen molar-refractivity contribution in [1.29, 1.82) is 0 Å². The van der Waals surface area contributed by atoms with Crippen LogP contribution in [0.2, 0.25) is 5.02 Å². The minimum absolute atomic E-state index is 0.0801. The van der Waals surface area contributed by atoms with E-state index in [1.54, 1.807) is 42.5 Å². The first-order valence-corrected chi connectivity index (χ1v) is 11.2.